The van der Waals surface area contributed by atoms with E-state index in [-0.39, 0.29) is 0 Å². The summed E-state index contributed by atoms with van der Waals surface area (Å²) in [6.45, 7) is 3.19. The molecule has 0 spiro atoms. The number of hydrogen-bond donors (Lipinski definition) is 1. The van der Waals surface area contributed by atoms with E-state index < -0.39 is 0 Å². The molecule has 0 aromatic carbocycles. The van der Waals surface area contributed by atoms with Crippen molar-refractivity contribution in [2.75, 3.05) is 0 Å². The van der Waals surface area contributed by atoms with Crippen LogP contribution in [0.5, 0.6) is 0 Å². The molecule has 0 radical (unpaired) electrons. The molecule has 1 aliphatic rings. The Bertz CT molecular complexity index is 336. The van der Waals surface area contributed by atoms with Crippen molar-refractivity contribution >= 4 is 12.2 Å². The molecule has 0 atom stereocenters. The van der Waals surface area contributed by atoms with E-state index in [2.05, 4.69) is 22.4 Å². The molecule has 1 aliphatic carbocycles. The van der Waals surface area contributed by atoms with Gasteiger partial charge in [-0.25, -0.2) is 4.68 Å². The molecule has 2 rings (SSSR count). The Morgan fingerprint density at radius 2 is 2.38 bits per heavy atom. The van der Waals surface area contributed by atoms with Crippen LogP contribution in [0.4, 0.5) is 0 Å². The van der Waals surface area contributed by atoms with Crippen LogP contribution in [0.15, 0.2) is 0 Å². The molecular weight excluding hydrogens is 184 g/mol. The highest BCUT2D eigenvalue weighted by Crippen LogP contribution is 2.50. The number of nitrogens with one attached hydrogen (secondary N) is 1. The summed E-state index contributed by atoms with van der Waals surface area (Å²) in [6.07, 6.45) is 5.17. The normalized spacial score (nSPS) is 18.8. The zero-order valence-electron chi connectivity index (χ0n) is 7.79. The lowest BCUT2D eigenvalue weighted by atomic mass is 10.0. The van der Waals surface area contributed by atoms with E-state index in [4.69, 9.17) is 12.2 Å². The van der Waals surface area contributed by atoms with E-state index in [9.17, 15) is 0 Å². The second kappa shape index (κ2) is 3.21. The van der Waals surface area contributed by atoms with Gasteiger partial charge in [0.15, 0.2) is 0 Å². The summed E-state index contributed by atoms with van der Waals surface area (Å²) in [4.78, 5) is 0. The Morgan fingerprint density at radius 1 is 1.62 bits per heavy atom. The van der Waals surface area contributed by atoms with Gasteiger partial charge in [0.05, 0.1) is 0 Å². The number of hydrogen-bond acceptors (Lipinski definition) is 3. The van der Waals surface area contributed by atoms with Crippen molar-refractivity contribution in [2.45, 2.75) is 39.2 Å². The first-order valence-electron chi connectivity index (χ1n) is 4.74. The zero-order valence-corrected chi connectivity index (χ0v) is 8.60. The molecule has 1 fully saturated rings. The van der Waals surface area contributed by atoms with Gasteiger partial charge in [-0.2, -0.15) is 5.21 Å². The number of H-pyrrole nitrogens is 1. The van der Waals surface area contributed by atoms with E-state index in [1.807, 2.05) is 4.68 Å². The fraction of sp³-hybridized carbons (Fsp3) is 0.875. The first kappa shape index (κ1) is 8.87. The highest BCUT2D eigenvalue weighted by molar-refractivity contribution is 7.71. The molecule has 4 nitrogen and oxygen atoms in total. The summed E-state index contributed by atoms with van der Waals surface area (Å²) >= 11 is 5.02. The maximum atomic E-state index is 5.02. The Balaban J connectivity index is 2.06. The number of tetrazole rings is 1. The average molecular weight is 198 g/mol. The molecule has 1 N–H and O–H groups in total. The van der Waals surface area contributed by atoms with Crippen molar-refractivity contribution in [2.24, 2.45) is 5.41 Å². The summed E-state index contributed by atoms with van der Waals surface area (Å²) in [6, 6.07) is 0. The molecule has 1 aromatic rings. The quantitative estimate of drug-likeness (QED) is 0.752. The number of nitrogens with zero attached hydrogens (tertiary/aromatic N) is 3. The minimum Gasteiger partial charge on any atom is -0.242 e. The second-order valence-electron chi connectivity index (χ2n) is 3.92. The van der Waals surface area contributed by atoms with Crippen LogP contribution in [-0.2, 0) is 6.54 Å². The van der Waals surface area contributed by atoms with Crippen LogP contribution in [0, 0.1) is 10.2 Å². The van der Waals surface area contributed by atoms with Gasteiger partial charge in [0.2, 0.25) is 4.77 Å². The molecule has 13 heavy (non-hydrogen) atoms. The van der Waals surface area contributed by atoms with Crippen molar-refractivity contribution < 1.29 is 0 Å². The van der Waals surface area contributed by atoms with Gasteiger partial charge in [0, 0.05) is 6.54 Å². The van der Waals surface area contributed by atoms with E-state index in [0.29, 0.717) is 10.2 Å². The molecule has 1 heterocycles. The summed E-state index contributed by atoms with van der Waals surface area (Å²) in [5.41, 5.74) is 0.501. The molecule has 0 bridgehead atoms. The predicted molar refractivity (Wildman–Crippen MR) is 51.8 cm³/mol. The largest absolute Gasteiger partial charge is 0.242 e. The molecule has 1 aromatic heterocycles. The lowest BCUT2D eigenvalue weighted by molar-refractivity contribution is 0.360. The van der Waals surface area contributed by atoms with Crippen LogP contribution in [0.3, 0.4) is 0 Å². The molecule has 0 amide bonds. The highest BCUT2D eigenvalue weighted by atomic mass is 32.1. The summed E-state index contributed by atoms with van der Waals surface area (Å²) in [5, 5.41) is 10.2. The van der Waals surface area contributed by atoms with Gasteiger partial charge in [-0.05, 0) is 36.9 Å². The fourth-order valence-corrected chi connectivity index (χ4v) is 1.99. The van der Waals surface area contributed by atoms with Gasteiger partial charge < -0.3 is 0 Å². The second-order valence-corrected chi connectivity index (χ2v) is 4.28. The monoisotopic (exact) mass is 198 g/mol. The summed E-state index contributed by atoms with van der Waals surface area (Å²) in [7, 11) is 0. The van der Waals surface area contributed by atoms with Crippen molar-refractivity contribution in [3.63, 3.8) is 0 Å². The molecule has 5 heteroatoms. The lowest BCUT2D eigenvalue weighted by Gasteiger charge is -2.12. The van der Waals surface area contributed by atoms with E-state index in [1.165, 1.54) is 25.7 Å². The maximum Gasteiger partial charge on any atom is 0.238 e. The van der Waals surface area contributed by atoms with Gasteiger partial charge in [0.1, 0.15) is 0 Å². The third-order valence-corrected chi connectivity index (χ3v) is 3.06. The van der Waals surface area contributed by atoms with Crippen molar-refractivity contribution in [3.8, 4) is 0 Å². The lowest BCUT2D eigenvalue weighted by Crippen LogP contribution is -2.13. The molecular formula is C8H14N4S. The van der Waals surface area contributed by atoms with Crippen LogP contribution in [0.1, 0.15) is 32.6 Å². The molecule has 0 aliphatic heterocycles. The Labute approximate surface area is 82.3 Å². The Morgan fingerprint density at radius 3 is 2.85 bits per heavy atom. The summed E-state index contributed by atoms with van der Waals surface area (Å²) in [5.74, 6) is 0. The maximum absolute atomic E-state index is 5.02. The minimum atomic E-state index is 0.501. The Kier molecular flexibility index (Phi) is 2.19. The topological polar surface area (TPSA) is 46.5 Å². The van der Waals surface area contributed by atoms with Crippen molar-refractivity contribution in [1.29, 1.82) is 0 Å². The smallest absolute Gasteiger partial charge is 0.238 e. The Hall–Kier alpha value is -0.710. The van der Waals surface area contributed by atoms with Crippen LogP contribution in [-0.4, -0.2) is 20.2 Å². The highest BCUT2D eigenvalue weighted by Gasteiger charge is 2.42. The third kappa shape index (κ3) is 1.80. The van der Waals surface area contributed by atoms with E-state index in [0.717, 1.165) is 6.54 Å². The van der Waals surface area contributed by atoms with Crippen LogP contribution < -0.4 is 0 Å². The first-order chi connectivity index (χ1) is 6.26. The number of rotatable bonds is 4. The van der Waals surface area contributed by atoms with Crippen LogP contribution in [0.25, 0.3) is 0 Å². The third-order valence-electron chi connectivity index (χ3n) is 2.76. The predicted octanol–water partition coefficient (Wildman–Crippen LogP) is 1.92. The molecule has 72 valence electrons. The van der Waals surface area contributed by atoms with Gasteiger partial charge in [-0.1, -0.05) is 23.7 Å². The number of aromatic amines is 1. The molecule has 1 saturated carbocycles. The number of aromatic nitrogens is 4. The van der Waals surface area contributed by atoms with Gasteiger partial charge in [-0.15, -0.1) is 0 Å². The van der Waals surface area contributed by atoms with Gasteiger partial charge in [-0.3, -0.25) is 0 Å². The SMILES string of the molecule is CCCC1(Cn2[nH]nnc2=S)CC1. The van der Waals surface area contributed by atoms with Gasteiger partial charge >= 0.3 is 0 Å². The molecule has 0 unspecified atom stereocenters. The van der Waals surface area contributed by atoms with Crippen molar-refractivity contribution in [3.05, 3.63) is 4.77 Å². The average Bonchev–Trinajstić information content (AvgIpc) is 2.73. The van der Waals surface area contributed by atoms with E-state index >= 15 is 0 Å². The molecule has 0 saturated heterocycles. The first-order valence-corrected chi connectivity index (χ1v) is 5.14. The minimum absolute atomic E-state index is 0.501. The van der Waals surface area contributed by atoms with Gasteiger partial charge in [0.25, 0.3) is 0 Å². The zero-order chi connectivity index (χ0) is 9.31. The van der Waals surface area contributed by atoms with E-state index in [1.54, 1.807) is 0 Å². The van der Waals surface area contributed by atoms with Crippen LogP contribution in [0.2, 0.25) is 0 Å². The summed E-state index contributed by atoms with van der Waals surface area (Å²) < 4.78 is 2.44. The van der Waals surface area contributed by atoms with Crippen molar-refractivity contribution in [1.82, 2.24) is 20.2 Å². The standard InChI is InChI=1S/C8H14N4S/c1-2-3-8(4-5-8)6-12-7(13)9-10-11-12/h2-6H2,1H3,(H,9,11,13). The fourth-order valence-electron chi connectivity index (χ4n) is 1.85. The van der Waals surface area contributed by atoms with Crippen LogP contribution >= 0.6 is 12.2 Å².